The van der Waals surface area contributed by atoms with Gasteiger partial charge in [0.05, 0.1) is 0 Å². The lowest BCUT2D eigenvalue weighted by molar-refractivity contribution is -0.0342. The van der Waals surface area contributed by atoms with E-state index >= 15 is 0 Å². The predicted octanol–water partition coefficient (Wildman–Crippen LogP) is 1.71. The van der Waals surface area contributed by atoms with Gasteiger partial charge >= 0.3 is 6.03 Å². The van der Waals surface area contributed by atoms with Gasteiger partial charge < -0.3 is 5.73 Å². The van der Waals surface area contributed by atoms with Crippen molar-refractivity contribution in [2.24, 2.45) is 34.0 Å². The number of carbonyl (C=O) groups is 1. The molecule has 0 aromatic rings. The third-order valence-corrected chi connectivity index (χ3v) is 4.27. The Bertz CT molecular complexity index is 322. The summed E-state index contributed by atoms with van der Waals surface area (Å²) >= 11 is 0. The molecule has 4 nitrogen and oxygen atoms in total. The number of primary amides is 1. The van der Waals surface area contributed by atoms with Crippen molar-refractivity contribution in [1.82, 2.24) is 5.43 Å². The first-order chi connectivity index (χ1) is 6.93. The van der Waals surface area contributed by atoms with Crippen molar-refractivity contribution in [1.29, 1.82) is 0 Å². The van der Waals surface area contributed by atoms with Gasteiger partial charge in [0.15, 0.2) is 0 Å². The predicted molar refractivity (Wildman–Crippen MR) is 59.3 cm³/mol. The molecule has 3 rings (SSSR count). The summed E-state index contributed by atoms with van der Waals surface area (Å²) in [6.45, 7) is 6.85. The van der Waals surface area contributed by atoms with Crippen LogP contribution in [0.1, 0.15) is 33.6 Å². The molecular formula is C11H19N3O. The standard InChI is InChI=1S/C11H19N3O/c1-6-4-9(13-14-10(12)15)8-5-7(6)11(8,2)3/h6-8H,4-5H2,1-3H3,(H3,12,14,15)/b13-9-/t6-,7+,8-/m0/s1. The highest BCUT2D eigenvalue weighted by Crippen LogP contribution is 2.59. The van der Waals surface area contributed by atoms with E-state index in [0.29, 0.717) is 17.3 Å². The highest BCUT2D eigenvalue weighted by Gasteiger charge is 2.56. The summed E-state index contributed by atoms with van der Waals surface area (Å²) in [7, 11) is 0. The average Bonchev–Trinajstić information content (AvgIpc) is 2.13. The number of amides is 2. The van der Waals surface area contributed by atoms with Crippen molar-refractivity contribution in [3.63, 3.8) is 0 Å². The maximum absolute atomic E-state index is 10.6. The summed E-state index contributed by atoms with van der Waals surface area (Å²) in [5.74, 6) is 2.01. The Balaban J connectivity index is 2.14. The highest BCUT2D eigenvalue weighted by atomic mass is 16.2. The third kappa shape index (κ3) is 1.52. The van der Waals surface area contributed by atoms with E-state index in [2.05, 4.69) is 31.3 Å². The second kappa shape index (κ2) is 3.22. The van der Waals surface area contributed by atoms with E-state index in [1.165, 1.54) is 6.42 Å². The Labute approximate surface area is 90.3 Å². The van der Waals surface area contributed by atoms with Crippen LogP contribution in [0.2, 0.25) is 0 Å². The smallest absolute Gasteiger partial charge is 0.332 e. The largest absolute Gasteiger partial charge is 0.350 e. The minimum Gasteiger partial charge on any atom is -0.350 e. The lowest BCUT2D eigenvalue weighted by Crippen LogP contribution is -2.56. The van der Waals surface area contributed by atoms with Gasteiger partial charge in [-0.1, -0.05) is 20.8 Å². The van der Waals surface area contributed by atoms with Crippen molar-refractivity contribution < 1.29 is 4.79 Å². The van der Waals surface area contributed by atoms with Crippen molar-refractivity contribution >= 4 is 11.7 Å². The van der Waals surface area contributed by atoms with Crippen LogP contribution in [0.15, 0.2) is 5.10 Å². The lowest BCUT2D eigenvalue weighted by Gasteiger charge is -2.59. The normalized spacial score (nSPS) is 39.7. The molecule has 3 N–H and O–H groups in total. The van der Waals surface area contributed by atoms with E-state index in [1.54, 1.807) is 0 Å². The SMILES string of the molecule is C[C@H]1C/C(=N/NC(N)=O)[C@@H]2C[C@H]1C2(C)C. The summed E-state index contributed by atoms with van der Waals surface area (Å²) in [6.07, 6.45) is 2.21. The summed E-state index contributed by atoms with van der Waals surface area (Å²) < 4.78 is 0. The first-order valence-corrected chi connectivity index (χ1v) is 5.55. The molecule has 0 aromatic carbocycles. The fourth-order valence-corrected chi connectivity index (χ4v) is 3.36. The lowest BCUT2D eigenvalue weighted by atomic mass is 9.45. The summed E-state index contributed by atoms with van der Waals surface area (Å²) in [5.41, 5.74) is 8.83. The number of rotatable bonds is 1. The van der Waals surface area contributed by atoms with E-state index in [4.69, 9.17) is 5.73 Å². The molecule has 3 fully saturated rings. The van der Waals surface area contributed by atoms with Crippen molar-refractivity contribution in [2.75, 3.05) is 0 Å². The number of fused-ring (bicyclic) bond motifs is 2. The van der Waals surface area contributed by atoms with E-state index < -0.39 is 6.03 Å². The maximum Gasteiger partial charge on any atom is 0.332 e. The van der Waals surface area contributed by atoms with Crippen LogP contribution in [0.25, 0.3) is 0 Å². The number of hydrogen-bond acceptors (Lipinski definition) is 2. The number of hydrogen-bond donors (Lipinski definition) is 2. The van der Waals surface area contributed by atoms with Crippen LogP contribution >= 0.6 is 0 Å². The van der Waals surface area contributed by atoms with E-state index in [0.717, 1.165) is 18.1 Å². The van der Waals surface area contributed by atoms with Gasteiger partial charge in [-0.25, -0.2) is 10.2 Å². The molecule has 3 atom stereocenters. The van der Waals surface area contributed by atoms with Gasteiger partial charge in [0.25, 0.3) is 0 Å². The molecule has 0 heterocycles. The minimum atomic E-state index is -0.575. The second-order valence-electron chi connectivity index (χ2n) is 5.48. The summed E-state index contributed by atoms with van der Waals surface area (Å²) in [6, 6.07) is -0.575. The molecule has 0 aromatic heterocycles. The molecule has 3 saturated carbocycles. The Morgan fingerprint density at radius 3 is 2.73 bits per heavy atom. The van der Waals surface area contributed by atoms with E-state index in [9.17, 15) is 4.79 Å². The number of nitrogens with two attached hydrogens (primary N) is 1. The Kier molecular flexibility index (Phi) is 2.24. The van der Waals surface area contributed by atoms with Crippen LogP contribution in [0, 0.1) is 23.2 Å². The fourth-order valence-electron chi connectivity index (χ4n) is 3.36. The van der Waals surface area contributed by atoms with Gasteiger partial charge in [0.2, 0.25) is 0 Å². The molecule has 0 radical (unpaired) electrons. The summed E-state index contributed by atoms with van der Waals surface area (Å²) in [4.78, 5) is 10.6. The van der Waals surface area contributed by atoms with Gasteiger partial charge in [-0.3, -0.25) is 0 Å². The molecule has 2 bridgehead atoms. The molecule has 0 unspecified atom stereocenters. The van der Waals surface area contributed by atoms with Crippen molar-refractivity contribution in [2.45, 2.75) is 33.6 Å². The molecule has 84 valence electrons. The van der Waals surface area contributed by atoms with Gasteiger partial charge in [0, 0.05) is 11.6 Å². The Morgan fingerprint density at radius 1 is 1.60 bits per heavy atom. The van der Waals surface area contributed by atoms with Crippen LogP contribution in [-0.4, -0.2) is 11.7 Å². The first-order valence-electron chi connectivity index (χ1n) is 5.55. The van der Waals surface area contributed by atoms with Gasteiger partial charge in [-0.2, -0.15) is 5.10 Å². The second-order valence-corrected chi connectivity index (χ2v) is 5.48. The molecule has 0 spiro atoms. The van der Waals surface area contributed by atoms with Gasteiger partial charge in [-0.05, 0) is 30.1 Å². The van der Waals surface area contributed by atoms with Crippen LogP contribution in [0.4, 0.5) is 4.79 Å². The van der Waals surface area contributed by atoms with E-state index in [1.807, 2.05) is 0 Å². The molecule has 15 heavy (non-hydrogen) atoms. The zero-order valence-electron chi connectivity index (χ0n) is 9.58. The monoisotopic (exact) mass is 209 g/mol. The number of hydrazone groups is 1. The number of nitrogens with one attached hydrogen (secondary N) is 1. The van der Waals surface area contributed by atoms with Crippen LogP contribution in [-0.2, 0) is 0 Å². The molecule has 4 heteroatoms. The van der Waals surface area contributed by atoms with Crippen LogP contribution < -0.4 is 11.2 Å². The topological polar surface area (TPSA) is 67.5 Å². The molecule has 0 saturated heterocycles. The Morgan fingerprint density at radius 2 is 2.27 bits per heavy atom. The van der Waals surface area contributed by atoms with Crippen molar-refractivity contribution in [3.05, 3.63) is 0 Å². The molecule has 2 amide bonds. The quantitative estimate of drug-likeness (QED) is 0.634. The maximum atomic E-state index is 10.6. The average molecular weight is 209 g/mol. The molecular weight excluding hydrogens is 190 g/mol. The Hall–Kier alpha value is -1.06. The third-order valence-electron chi connectivity index (χ3n) is 4.27. The summed E-state index contributed by atoms with van der Waals surface area (Å²) in [5, 5.41) is 4.14. The zero-order valence-corrected chi connectivity index (χ0v) is 9.58. The van der Waals surface area contributed by atoms with Crippen molar-refractivity contribution in [3.8, 4) is 0 Å². The molecule has 3 aliphatic carbocycles. The molecule has 0 aliphatic heterocycles. The highest BCUT2D eigenvalue weighted by molar-refractivity contribution is 5.91. The fraction of sp³-hybridized carbons (Fsp3) is 0.818. The van der Waals surface area contributed by atoms with Gasteiger partial charge in [-0.15, -0.1) is 0 Å². The minimum absolute atomic E-state index is 0.343. The van der Waals surface area contributed by atoms with Gasteiger partial charge in [0.1, 0.15) is 0 Å². The zero-order chi connectivity index (χ0) is 11.2. The van der Waals surface area contributed by atoms with Crippen LogP contribution in [0.3, 0.4) is 0 Å². The number of nitrogens with zero attached hydrogens (tertiary/aromatic N) is 1. The first kappa shape index (κ1) is 10.5. The van der Waals surface area contributed by atoms with Crippen LogP contribution in [0.5, 0.6) is 0 Å². The number of carbonyl (C=O) groups excluding carboxylic acids is 1. The van der Waals surface area contributed by atoms with E-state index in [-0.39, 0.29) is 0 Å². The molecule has 3 aliphatic rings. The number of urea groups is 1.